The maximum Gasteiger partial charge on any atom is 0.305 e. The number of hydrogen-bond donors (Lipinski definition) is 3. The number of carboxylic acids is 1. The Morgan fingerprint density at radius 3 is 2.59 bits per heavy atom. The summed E-state index contributed by atoms with van der Waals surface area (Å²) in [6.07, 6.45) is 1.45. The second kappa shape index (κ2) is 9.34. The number of carboxylic acid groups (broad SMARTS) is 1. The number of nitrogens with two attached hydrogens (primary N) is 1. The molecule has 0 atom stereocenters. The third-order valence-electron chi connectivity index (χ3n) is 5.00. The molecule has 0 aromatic heterocycles. The van der Waals surface area contributed by atoms with E-state index < -0.39 is 5.97 Å². The molecule has 7 heteroatoms. The van der Waals surface area contributed by atoms with E-state index in [4.69, 9.17) is 21.0 Å². The van der Waals surface area contributed by atoms with Crippen LogP contribution in [0.4, 0.5) is 0 Å². The number of aliphatic carboxylic acids is 1. The molecule has 1 aliphatic heterocycles. The molecule has 3 rings (SSSR count). The van der Waals surface area contributed by atoms with Crippen LogP contribution in [-0.2, 0) is 29.0 Å². The highest BCUT2D eigenvalue weighted by atomic mass is 16.5. The monoisotopic (exact) mass is 395 g/mol. The van der Waals surface area contributed by atoms with E-state index in [-0.39, 0.29) is 24.7 Å². The minimum atomic E-state index is -0.895. The van der Waals surface area contributed by atoms with E-state index in [0.717, 1.165) is 29.5 Å². The summed E-state index contributed by atoms with van der Waals surface area (Å²) < 4.78 is 5.74. The summed E-state index contributed by atoms with van der Waals surface area (Å²) in [4.78, 5) is 24.9. The van der Waals surface area contributed by atoms with Gasteiger partial charge in [0.1, 0.15) is 5.84 Å². The summed E-state index contributed by atoms with van der Waals surface area (Å²) in [6.45, 7) is 1.85. The Hall–Kier alpha value is -3.19. The van der Waals surface area contributed by atoms with Gasteiger partial charge in [-0.2, -0.15) is 0 Å². The summed E-state index contributed by atoms with van der Waals surface area (Å²) in [6, 6.07) is 13.2. The van der Waals surface area contributed by atoms with E-state index in [1.165, 1.54) is 0 Å². The van der Waals surface area contributed by atoms with E-state index in [0.29, 0.717) is 30.9 Å². The number of hydrogen-bond acceptors (Lipinski definition) is 4. The third-order valence-corrected chi connectivity index (χ3v) is 5.00. The minimum absolute atomic E-state index is 0.0338. The van der Waals surface area contributed by atoms with Gasteiger partial charge in [-0.25, -0.2) is 0 Å². The SMILES string of the molecule is N=C(N)c1ccc(COCCc2ccc3c(c2)CCN(CCC(=O)O)C3=O)cc1. The van der Waals surface area contributed by atoms with Crippen LogP contribution < -0.4 is 5.73 Å². The molecule has 0 unspecified atom stereocenters. The number of nitrogen functional groups attached to an aromatic ring is 1. The average molecular weight is 395 g/mol. The van der Waals surface area contributed by atoms with Crippen LogP contribution in [0.1, 0.15) is 39.0 Å². The number of benzene rings is 2. The largest absolute Gasteiger partial charge is 0.481 e. The van der Waals surface area contributed by atoms with Crippen molar-refractivity contribution in [2.24, 2.45) is 5.73 Å². The van der Waals surface area contributed by atoms with Gasteiger partial charge < -0.3 is 20.5 Å². The molecule has 1 amide bonds. The van der Waals surface area contributed by atoms with Crippen LogP contribution >= 0.6 is 0 Å². The van der Waals surface area contributed by atoms with E-state index in [1.54, 1.807) is 17.0 Å². The van der Waals surface area contributed by atoms with Gasteiger partial charge in [-0.05, 0) is 35.6 Å². The van der Waals surface area contributed by atoms with Crippen molar-refractivity contribution >= 4 is 17.7 Å². The molecule has 1 aliphatic rings. The molecule has 1 heterocycles. The van der Waals surface area contributed by atoms with Crippen LogP contribution in [0.15, 0.2) is 42.5 Å². The van der Waals surface area contributed by atoms with Crippen LogP contribution in [0.5, 0.6) is 0 Å². The van der Waals surface area contributed by atoms with Crippen LogP contribution in [0.2, 0.25) is 0 Å². The molecule has 0 saturated heterocycles. The lowest BCUT2D eigenvalue weighted by Crippen LogP contribution is -2.38. The zero-order valence-corrected chi connectivity index (χ0v) is 16.2. The van der Waals surface area contributed by atoms with Gasteiger partial charge >= 0.3 is 5.97 Å². The molecule has 0 saturated carbocycles. The fourth-order valence-corrected chi connectivity index (χ4v) is 3.35. The van der Waals surface area contributed by atoms with Crippen molar-refractivity contribution in [2.45, 2.75) is 25.9 Å². The first-order valence-electron chi connectivity index (χ1n) is 9.58. The molecular formula is C22H25N3O4. The van der Waals surface area contributed by atoms with Crippen molar-refractivity contribution in [3.63, 3.8) is 0 Å². The lowest BCUT2D eigenvalue weighted by Gasteiger charge is -2.28. The summed E-state index contributed by atoms with van der Waals surface area (Å²) in [5, 5.41) is 16.2. The number of carbonyl (C=O) groups excluding carboxylic acids is 1. The lowest BCUT2D eigenvalue weighted by atomic mass is 9.95. The summed E-state index contributed by atoms with van der Waals surface area (Å²) >= 11 is 0. The van der Waals surface area contributed by atoms with E-state index in [2.05, 4.69) is 0 Å². The topological polar surface area (TPSA) is 117 Å². The molecule has 0 radical (unpaired) electrons. The molecule has 152 valence electrons. The van der Waals surface area contributed by atoms with Crippen molar-refractivity contribution in [3.05, 3.63) is 70.3 Å². The van der Waals surface area contributed by atoms with E-state index in [9.17, 15) is 9.59 Å². The Bertz CT molecular complexity index is 909. The average Bonchev–Trinajstić information content (AvgIpc) is 2.71. The summed E-state index contributed by atoms with van der Waals surface area (Å²) in [5.74, 6) is -0.939. The normalized spacial score (nSPS) is 13.2. The number of fused-ring (bicyclic) bond motifs is 1. The first kappa shape index (κ1) is 20.5. The zero-order valence-electron chi connectivity index (χ0n) is 16.2. The number of rotatable bonds is 9. The fourth-order valence-electron chi connectivity index (χ4n) is 3.35. The number of ether oxygens (including phenoxy) is 1. The van der Waals surface area contributed by atoms with Crippen LogP contribution in [0.3, 0.4) is 0 Å². The first-order valence-corrected chi connectivity index (χ1v) is 9.58. The lowest BCUT2D eigenvalue weighted by molar-refractivity contribution is -0.137. The van der Waals surface area contributed by atoms with Crippen LogP contribution in [0, 0.1) is 5.41 Å². The second-order valence-electron chi connectivity index (χ2n) is 7.09. The van der Waals surface area contributed by atoms with Crippen molar-refractivity contribution in [2.75, 3.05) is 19.7 Å². The standard InChI is InChI=1S/C22H25N3O4/c23-21(24)17-4-1-16(2-5-17)14-29-12-9-15-3-6-19-18(13-15)7-10-25(22(19)28)11-8-20(26)27/h1-6,13H,7-12,14H2,(H3,23,24)(H,26,27). The highest BCUT2D eigenvalue weighted by Gasteiger charge is 2.24. The Morgan fingerprint density at radius 2 is 1.90 bits per heavy atom. The van der Waals surface area contributed by atoms with Crippen LogP contribution in [-0.4, -0.2) is 47.4 Å². The highest BCUT2D eigenvalue weighted by molar-refractivity contribution is 5.97. The Kier molecular flexibility index (Phi) is 6.61. The van der Waals surface area contributed by atoms with Gasteiger partial charge in [0.05, 0.1) is 19.6 Å². The minimum Gasteiger partial charge on any atom is -0.481 e. The van der Waals surface area contributed by atoms with Gasteiger partial charge in [-0.3, -0.25) is 15.0 Å². The molecule has 0 fully saturated rings. The van der Waals surface area contributed by atoms with E-state index in [1.807, 2.05) is 30.3 Å². The summed E-state index contributed by atoms with van der Waals surface area (Å²) in [7, 11) is 0. The molecule has 4 N–H and O–H groups in total. The summed E-state index contributed by atoms with van der Waals surface area (Å²) in [5.41, 5.74) is 9.95. The number of amidine groups is 1. The molecule has 0 spiro atoms. The fraction of sp³-hybridized carbons (Fsp3) is 0.318. The van der Waals surface area contributed by atoms with Gasteiger partial charge in [0.2, 0.25) is 0 Å². The Morgan fingerprint density at radius 1 is 1.17 bits per heavy atom. The smallest absolute Gasteiger partial charge is 0.305 e. The van der Waals surface area contributed by atoms with Gasteiger partial charge in [0, 0.05) is 24.2 Å². The number of nitrogens with zero attached hydrogens (tertiary/aromatic N) is 1. The Labute approximate surface area is 169 Å². The molecule has 7 nitrogen and oxygen atoms in total. The molecule has 2 aromatic carbocycles. The van der Waals surface area contributed by atoms with Crippen molar-refractivity contribution in [1.82, 2.24) is 4.90 Å². The van der Waals surface area contributed by atoms with Gasteiger partial charge in [0.25, 0.3) is 5.91 Å². The van der Waals surface area contributed by atoms with E-state index >= 15 is 0 Å². The predicted octanol–water partition coefficient (Wildman–Crippen LogP) is 2.20. The zero-order chi connectivity index (χ0) is 20.8. The molecule has 29 heavy (non-hydrogen) atoms. The third kappa shape index (κ3) is 5.42. The predicted molar refractivity (Wildman–Crippen MR) is 109 cm³/mol. The first-order chi connectivity index (χ1) is 13.9. The Balaban J connectivity index is 1.50. The van der Waals surface area contributed by atoms with Crippen molar-refractivity contribution < 1.29 is 19.4 Å². The molecule has 0 bridgehead atoms. The van der Waals surface area contributed by atoms with Crippen LogP contribution in [0.25, 0.3) is 0 Å². The molecule has 2 aromatic rings. The van der Waals surface area contributed by atoms with Crippen molar-refractivity contribution in [3.8, 4) is 0 Å². The molecule has 0 aliphatic carbocycles. The highest BCUT2D eigenvalue weighted by Crippen LogP contribution is 2.21. The molecular weight excluding hydrogens is 370 g/mol. The number of carbonyl (C=O) groups is 2. The maximum absolute atomic E-state index is 12.5. The maximum atomic E-state index is 12.5. The quantitative estimate of drug-likeness (QED) is 0.342. The van der Waals surface area contributed by atoms with Gasteiger partial charge in [0.15, 0.2) is 0 Å². The van der Waals surface area contributed by atoms with Gasteiger partial charge in [-0.1, -0.05) is 36.4 Å². The number of amides is 1. The number of nitrogens with one attached hydrogen (secondary N) is 1. The second-order valence-corrected chi connectivity index (χ2v) is 7.09. The van der Waals surface area contributed by atoms with Crippen molar-refractivity contribution in [1.29, 1.82) is 5.41 Å². The van der Waals surface area contributed by atoms with Gasteiger partial charge in [-0.15, -0.1) is 0 Å².